The van der Waals surface area contributed by atoms with Crippen LogP contribution >= 0.6 is 0 Å². The summed E-state index contributed by atoms with van der Waals surface area (Å²) in [6.45, 7) is 5.74. The van der Waals surface area contributed by atoms with Gasteiger partial charge in [-0.1, -0.05) is 6.92 Å². The zero-order valence-electron chi connectivity index (χ0n) is 10.8. The third-order valence-corrected chi connectivity index (χ3v) is 3.40. The first-order chi connectivity index (χ1) is 8.63. The highest BCUT2D eigenvalue weighted by molar-refractivity contribution is 5.96. The number of ether oxygens (including phenoxy) is 1. The maximum absolute atomic E-state index is 12.5. The fourth-order valence-corrected chi connectivity index (χ4v) is 2.30. The Labute approximate surface area is 107 Å². The topological polar surface area (TPSA) is 49.8 Å². The molecule has 1 aliphatic rings. The van der Waals surface area contributed by atoms with Crippen LogP contribution in [0.3, 0.4) is 0 Å². The maximum atomic E-state index is 12.5. The van der Waals surface area contributed by atoms with Crippen molar-refractivity contribution in [2.45, 2.75) is 26.3 Å². The number of phenolic OH excluding ortho intramolecular Hbond substituents is 1. The number of nitrogens with zero attached hydrogens (tertiary/aromatic N) is 1. The van der Waals surface area contributed by atoms with Gasteiger partial charge in [-0.15, -0.1) is 0 Å². The van der Waals surface area contributed by atoms with E-state index in [9.17, 15) is 9.90 Å². The molecule has 4 heteroatoms. The number of carbonyl (C=O) groups excluding carboxylic acids is 1. The molecule has 0 spiro atoms. The monoisotopic (exact) mass is 249 g/mol. The fraction of sp³-hybridized carbons (Fsp3) is 0.500. The van der Waals surface area contributed by atoms with Crippen LogP contribution in [0.5, 0.6) is 5.75 Å². The van der Waals surface area contributed by atoms with Crippen molar-refractivity contribution in [2.24, 2.45) is 0 Å². The van der Waals surface area contributed by atoms with Crippen LogP contribution < -0.4 is 0 Å². The highest BCUT2D eigenvalue weighted by Gasteiger charge is 2.27. The molecule has 1 heterocycles. The van der Waals surface area contributed by atoms with Crippen molar-refractivity contribution in [2.75, 3.05) is 19.8 Å². The number of carbonyl (C=O) groups is 1. The number of morpholine rings is 1. The largest absolute Gasteiger partial charge is 0.508 e. The highest BCUT2D eigenvalue weighted by atomic mass is 16.5. The van der Waals surface area contributed by atoms with Gasteiger partial charge in [-0.25, -0.2) is 0 Å². The summed E-state index contributed by atoms with van der Waals surface area (Å²) in [5.74, 6) is 0.223. The van der Waals surface area contributed by atoms with Crippen molar-refractivity contribution in [3.8, 4) is 5.75 Å². The maximum Gasteiger partial charge on any atom is 0.254 e. The predicted molar refractivity (Wildman–Crippen MR) is 68.8 cm³/mol. The van der Waals surface area contributed by atoms with Gasteiger partial charge < -0.3 is 14.7 Å². The summed E-state index contributed by atoms with van der Waals surface area (Å²) in [6, 6.07) is 5.02. The van der Waals surface area contributed by atoms with Crippen LogP contribution in [-0.4, -0.2) is 41.7 Å². The molecule has 0 radical (unpaired) electrons. The van der Waals surface area contributed by atoms with Crippen LogP contribution in [0.15, 0.2) is 18.2 Å². The van der Waals surface area contributed by atoms with Gasteiger partial charge in [0.25, 0.3) is 5.91 Å². The van der Waals surface area contributed by atoms with E-state index in [-0.39, 0.29) is 17.7 Å². The highest BCUT2D eigenvalue weighted by Crippen LogP contribution is 2.20. The Morgan fingerprint density at radius 3 is 3.00 bits per heavy atom. The van der Waals surface area contributed by atoms with Crippen molar-refractivity contribution < 1.29 is 14.6 Å². The van der Waals surface area contributed by atoms with Gasteiger partial charge in [-0.05, 0) is 37.1 Å². The van der Waals surface area contributed by atoms with Gasteiger partial charge >= 0.3 is 0 Å². The van der Waals surface area contributed by atoms with Crippen molar-refractivity contribution >= 4 is 5.91 Å². The number of hydrogen-bond acceptors (Lipinski definition) is 3. The van der Waals surface area contributed by atoms with Gasteiger partial charge in [0, 0.05) is 12.1 Å². The second kappa shape index (κ2) is 5.40. The molecule has 1 amide bonds. The lowest BCUT2D eigenvalue weighted by Gasteiger charge is -2.35. The predicted octanol–water partition coefficient (Wildman–Crippen LogP) is 1.95. The van der Waals surface area contributed by atoms with Gasteiger partial charge in [-0.3, -0.25) is 4.79 Å². The number of phenols is 1. The molecule has 4 nitrogen and oxygen atoms in total. The van der Waals surface area contributed by atoms with Crippen molar-refractivity contribution in [3.05, 3.63) is 29.3 Å². The van der Waals surface area contributed by atoms with Crippen LogP contribution in [-0.2, 0) is 4.74 Å². The number of hydrogen-bond donors (Lipinski definition) is 1. The lowest BCUT2D eigenvalue weighted by molar-refractivity contribution is -0.00283. The number of amides is 1. The summed E-state index contributed by atoms with van der Waals surface area (Å²) in [6.07, 6.45) is 0.892. The zero-order valence-corrected chi connectivity index (χ0v) is 10.8. The molecule has 1 atom stereocenters. The number of aromatic hydroxyl groups is 1. The normalized spacial score (nSPS) is 19.9. The summed E-state index contributed by atoms with van der Waals surface area (Å²) >= 11 is 0. The molecule has 0 bridgehead atoms. The van der Waals surface area contributed by atoms with E-state index in [2.05, 4.69) is 6.92 Å². The quantitative estimate of drug-likeness (QED) is 0.871. The molecule has 1 saturated heterocycles. The van der Waals surface area contributed by atoms with E-state index in [1.807, 2.05) is 11.8 Å². The molecule has 0 aliphatic carbocycles. The minimum atomic E-state index is 0.0302. The molecule has 1 aromatic rings. The SMILES string of the molecule is CCC1COCCN1C(=O)c1ccc(O)cc1C. The Morgan fingerprint density at radius 2 is 2.33 bits per heavy atom. The average Bonchev–Trinajstić information content (AvgIpc) is 2.38. The lowest BCUT2D eigenvalue weighted by atomic mass is 10.0. The van der Waals surface area contributed by atoms with Gasteiger partial charge in [0.15, 0.2) is 0 Å². The molecule has 1 aliphatic heterocycles. The van der Waals surface area contributed by atoms with E-state index in [0.717, 1.165) is 12.0 Å². The van der Waals surface area contributed by atoms with Crippen LogP contribution in [0, 0.1) is 6.92 Å². The molecule has 0 saturated carbocycles. The van der Waals surface area contributed by atoms with Crippen LogP contribution in [0.4, 0.5) is 0 Å². The van der Waals surface area contributed by atoms with E-state index in [4.69, 9.17) is 4.74 Å². The summed E-state index contributed by atoms with van der Waals surface area (Å²) < 4.78 is 5.40. The molecule has 18 heavy (non-hydrogen) atoms. The minimum Gasteiger partial charge on any atom is -0.508 e. The standard InChI is InChI=1S/C14H19NO3/c1-3-11-9-18-7-6-15(11)14(17)13-5-4-12(16)8-10(13)2/h4-5,8,11,16H,3,6-7,9H2,1-2H3. The zero-order chi connectivity index (χ0) is 13.1. The van der Waals surface area contributed by atoms with Gasteiger partial charge in [-0.2, -0.15) is 0 Å². The van der Waals surface area contributed by atoms with Crippen LogP contribution in [0.25, 0.3) is 0 Å². The van der Waals surface area contributed by atoms with Gasteiger partial charge in [0.1, 0.15) is 5.75 Å². The minimum absolute atomic E-state index is 0.0302. The first-order valence-electron chi connectivity index (χ1n) is 6.31. The molecular formula is C14H19NO3. The van der Waals surface area contributed by atoms with Gasteiger partial charge in [0.2, 0.25) is 0 Å². The molecule has 1 fully saturated rings. The number of aryl methyl sites for hydroxylation is 1. The van der Waals surface area contributed by atoms with E-state index < -0.39 is 0 Å². The third kappa shape index (κ3) is 2.48. The summed E-state index contributed by atoms with van der Waals surface area (Å²) in [7, 11) is 0. The Bertz CT molecular complexity index is 445. The van der Waals surface area contributed by atoms with E-state index in [1.165, 1.54) is 0 Å². The summed E-state index contributed by atoms with van der Waals surface area (Å²) in [4.78, 5) is 14.4. The molecule has 2 rings (SSSR count). The molecule has 1 aromatic carbocycles. The smallest absolute Gasteiger partial charge is 0.254 e. The average molecular weight is 249 g/mol. The molecule has 1 N–H and O–H groups in total. The fourth-order valence-electron chi connectivity index (χ4n) is 2.30. The number of rotatable bonds is 2. The first-order valence-corrected chi connectivity index (χ1v) is 6.31. The van der Waals surface area contributed by atoms with E-state index >= 15 is 0 Å². The molecule has 0 aromatic heterocycles. The van der Waals surface area contributed by atoms with Crippen molar-refractivity contribution in [3.63, 3.8) is 0 Å². The second-order valence-corrected chi connectivity index (χ2v) is 4.63. The van der Waals surface area contributed by atoms with E-state index in [0.29, 0.717) is 25.3 Å². The Balaban J connectivity index is 2.24. The van der Waals surface area contributed by atoms with Crippen LogP contribution in [0.1, 0.15) is 29.3 Å². The summed E-state index contributed by atoms with van der Waals surface area (Å²) in [5.41, 5.74) is 1.47. The van der Waals surface area contributed by atoms with Gasteiger partial charge in [0.05, 0.1) is 19.3 Å². The first kappa shape index (κ1) is 12.9. The Morgan fingerprint density at radius 1 is 1.56 bits per heavy atom. The third-order valence-electron chi connectivity index (χ3n) is 3.40. The summed E-state index contributed by atoms with van der Waals surface area (Å²) in [5, 5.41) is 9.38. The van der Waals surface area contributed by atoms with Crippen molar-refractivity contribution in [1.29, 1.82) is 0 Å². The van der Waals surface area contributed by atoms with E-state index in [1.54, 1.807) is 18.2 Å². The van der Waals surface area contributed by atoms with Crippen LogP contribution in [0.2, 0.25) is 0 Å². The number of benzene rings is 1. The molecule has 1 unspecified atom stereocenters. The lowest BCUT2D eigenvalue weighted by Crippen LogP contribution is -2.48. The molecular weight excluding hydrogens is 230 g/mol. The second-order valence-electron chi connectivity index (χ2n) is 4.63. The Kier molecular flexibility index (Phi) is 3.87. The van der Waals surface area contributed by atoms with Crippen molar-refractivity contribution in [1.82, 2.24) is 4.90 Å². The molecule has 98 valence electrons. The Hall–Kier alpha value is -1.55.